The molecule has 2 aromatic heterocycles. The molecule has 4 nitrogen and oxygen atoms in total. The Balaban J connectivity index is 2.80. The lowest BCUT2D eigenvalue weighted by atomic mass is 10.3. The predicted octanol–water partition coefficient (Wildman–Crippen LogP) is 2.42. The molecule has 1 N–H and O–H groups in total. The standard InChI is InChI=1S/C8H5F3N2O2S/c1-3-2-13-4(6(14)15)5(8(9,10)11)12-7(13)16-3/h2H,1H3,(H,14,15). The molecule has 0 amide bonds. The summed E-state index contributed by atoms with van der Waals surface area (Å²) in [6, 6.07) is 0. The van der Waals surface area contributed by atoms with E-state index in [1.165, 1.54) is 6.20 Å². The fourth-order valence-electron chi connectivity index (χ4n) is 1.36. The van der Waals surface area contributed by atoms with Crippen LogP contribution in [-0.4, -0.2) is 20.5 Å². The second kappa shape index (κ2) is 3.21. The van der Waals surface area contributed by atoms with E-state index in [2.05, 4.69) is 4.98 Å². The van der Waals surface area contributed by atoms with Crippen molar-refractivity contribution in [3.05, 3.63) is 22.5 Å². The molecular formula is C8H5F3N2O2S. The Bertz CT molecular complexity index is 570. The summed E-state index contributed by atoms with van der Waals surface area (Å²) in [4.78, 5) is 14.8. The van der Waals surface area contributed by atoms with Gasteiger partial charge in [-0.15, -0.1) is 11.3 Å². The van der Waals surface area contributed by atoms with Gasteiger partial charge in [-0.1, -0.05) is 0 Å². The van der Waals surface area contributed by atoms with Crippen molar-refractivity contribution < 1.29 is 23.1 Å². The average Bonchev–Trinajstić information content (AvgIpc) is 2.56. The number of fused-ring (bicyclic) bond motifs is 1. The SMILES string of the molecule is Cc1cn2c(C(=O)O)c(C(F)(F)F)nc2s1. The Hall–Kier alpha value is -1.57. The zero-order valence-electron chi connectivity index (χ0n) is 7.87. The van der Waals surface area contributed by atoms with Gasteiger partial charge in [-0.05, 0) is 6.92 Å². The molecule has 0 fully saturated rings. The van der Waals surface area contributed by atoms with Crippen LogP contribution in [-0.2, 0) is 6.18 Å². The Kier molecular flexibility index (Phi) is 2.19. The van der Waals surface area contributed by atoms with E-state index < -0.39 is 23.5 Å². The van der Waals surface area contributed by atoms with E-state index in [1.54, 1.807) is 6.92 Å². The first-order valence-corrected chi connectivity index (χ1v) is 4.91. The summed E-state index contributed by atoms with van der Waals surface area (Å²) in [7, 11) is 0. The van der Waals surface area contributed by atoms with Crippen molar-refractivity contribution in [2.24, 2.45) is 0 Å². The molecule has 0 saturated heterocycles. The summed E-state index contributed by atoms with van der Waals surface area (Å²) in [6.45, 7) is 1.66. The van der Waals surface area contributed by atoms with Crippen molar-refractivity contribution >= 4 is 22.3 Å². The molecule has 16 heavy (non-hydrogen) atoms. The third-order valence-corrected chi connectivity index (χ3v) is 2.81. The second-order valence-electron chi connectivity index (χ2n) is 3.11. The maximum absolute atomic E-state index is 12.5. The van der Waals surface area contributed by atoms with Crippen LogP contribution in [0.1, 0.15) is 21.1 Å². The van der Waals surface area contributed by atoms with E-state index >= 15 is 0 Å². The van der Waals surface area contributed by atoms with E-state index in [0.717, 1.165) is 15.7 Å². The number of thiazole rings is 1. The molecule has 0 aliphatic heterocycles. The first kappa shape index (κ1) is 10.9. The van der Waals surface area contributed by atoms with Gasteiger partial charge in [-0.25, -0.2) is 9.78 Å². The van der Waals surface area contributed by atoms with Crippen LogP contribution in [0, 0.1) is 6.92 Å². The molecule has 0 radical (unpaired) electrons. The van der Waals surface area contributed by atoms with Crippen molar-refractivity contribution in [1.29, 1.82) is 0 Å². The summed E-state index contributed by atoms with van der Waals surface area (Å²) in [5.41, 5.74) is -2.20. The van der Waals surface area contributed by atoms with Gasteiger partial charge < -0.3 is 5.11 Å². The number of carboxylic acids is 1. The van der Waals surface area contributed by atoms with Crippen molar-refractivity contribution in [3.8, 4) is 0 Å². The van der Waals surface area contributed by atoms with Crippen LogP contribution < -0.4 is 0 Å². The first-order valence-electron chi connectivity index (χ1n) is 4.09. The Morgan fingerprint density at radius 2 is 2.19 bits per heavy atom. The topological polar surface area (TPSA) is 54.6 Å². The van der Waals surface area contributed by atoms with E-state index in [0.29, 0.717) is 4.88 Å². The molecule has 0 unspecified atom stereocenters. The highest BCUT2D eigenvalue weighted by molar-refractivity contribution is 7.17. The average molecular weight is 250 g/mol. The fourth-order valence-corrected chi connectivity index (χ4v) is 2.18. The highest BCUT2D eigenvalue weighted by atomic mass is 32.1. The quantitative estimate of drug-likeness (QED) is 0.845. The van der Waals surface area contributed by atoms with Gasteiger partial charge in [0.1, 0.15) is 0 Å². The number of alkyl halides is 3. The Labute approximate surface area is 91.0 Å². The Morgan fingerprint density at radius 1 is 1.56 bits per heavy atom. The highest BCUT2D eigenvalue weighted by Crippen LogP contribution is 2.33. The van der Waals surface area contributed by atoms with Crippen LogP contribution in [0.4, 0.5) is 13.2 Å². The number of hydrogen-bond donors (Lipinski definition) is 1. The summed E-state index contributed by atoms with van der Waals surface area (Å²) in [6.07, 6.45) is -3.43. The normalized spacial score (nSPS) is 12.2. The van der Waals surface area contributed by atoms with E-state index in [4.69, 9.17) is 5.11 Å². The van der Waals surface area contributed by atoms with Gasteiger partial charge in [0.2, 0.25) is 0 Å². The minimum atomic E-state index is -4.76. The maximum Gasteiger partial charge on any atom is 0.435 e. The summed E-state index contributed by atoms with van der Waals surface area (Å²) in [5, 5.41) is 8.77. The van der Waals surface area contributed by atoms with E-state index in [1.807, 2.05) is 0 Å². The van der Waals surface area contributed by atoms with Crippen LogP contribution in [0.25, 0.3) is 4.96 Å². The number of carboxylic acid groups (broad SMARTS) is 1. The van der Waals surface area contributed by atoms with Crippen LogP contribution in [0.2, 0.25) is 0 Å². The predicted molar refractivity (Wildman–Crippen MR) is 49.8 cm³/mol. The number of hydrogen-bond acceptors (Lipinski definition) is 3. The molecule has 2 aromatic rings. The first-order chi connectivity index (χ1) is 7.30. The molecule has 8 heteroatoms. The molecule has 0 aliphatic carbocycles. The van der Waals surface area contributed by atoms with Crippen LogP contribution in [0.5, 0.6) is 0 Å². The molecule has 0 aromatic carbocycles. The van der Waals surface area contributed by atoms with Crippen molar-refractivity contribution in [2.75, 3.05) is 0 Å². The molecule has 2 heterocycles. The monoisotopic (exact) mass is 250 g/mol. The second-order valence-corrected chi connectivity index (χ2v) is 4.32. The van der Waals surface area contributed by atoms with Crippen molar-refractivity contribution in [2.45, 2.75) is 13.1 Å². The summed E-state index contributed by atoms with van der Waals surface area (Å²) < 4.78 is 38.4. The smallest absolute Gasteiger partial charge is 0.435 e. The molecule has 0 aliphatic rings. The van der Waals surface area contributed by atoms with Gasteiger partial charge in [-0.2, -0.15) is 13.2 Å². The number of halogens is 3. The lowest BCUT2D eigenvalue weighted by molar-refractivity contribution is -0.141. The lowest BCUT2D eigenvalue weighted by Gasteiger charge is -2.03. The number of rotatable bonds is 1. The third-order valence-electron chi connectivity index (χ3n) is 1.91. The van der Waals surface area contributed by atoms with Crippen molar-refractivity contribution in [1.82, 2.24) is 9.38 Å². The molecule has 2 rings (SSSR count). The third kappa shape index (κ3) is 1.54. The molecule has 86 valence electrons. The number of aromatic carboxylic acids is 1. The lowest BCUT2D eigenvalue weighted by Crippen LogP contribution is -2.13. The maximum atomic E-state index is 12.5. The molecule has 0 bridgehead atoms. The molecule has 0 spiro atoms. The molecule has 0 saturated carbocycles. The van der Waals surface area contributed by atoms with Crippen LogP contribution >= 0.6 is 11.3 Å². The Morgan fingerprint density at radius 3 is 2.69 bits per heavy atom. The molecular weight excluding hydrogens is 245 g/mol. The number of aryl methyl sites for hydroxylation is 1. The summed E-state index contributed by atoms with van der Waals surface area (Å²) in [5.74, 6) is -1.64. The minimum Gasteiger partial charge on any atom is -0.476 e. The molecule has 0 atom stereocenters. The van der Waals surface area contributed by atoms with Crippen molar-refractivity contribution in [3.63, 3.8) is 0 Å². The highest BCUT2D eigenvalue weighted by Gasteiger charge is 2.40. The number of carbonyl (C=O) groups is 1. The number of nitrogens with zero attached hydrogens (tertiary/aromatic N) is 2. The van der Waals surface area contributed by atoms with E-state index in [-0.39, 0.29) is 4.96 Å². The van der Waals surface area contributed by atoms with Gasteiger partial charge in [0.05, 0.1) is 0 Å². The van der Waals surface area contributed by atoms with Gasteiger partial charge in [-0.3, -0.25) is 4.40 Å². The van der Waals surface area contributed by atoms with Crippen LogP contribution in [0.15, 0.2) is 6.20 Å². The van der Waals surface area contributed by atoms with Gasteiger partial charge in [0, 0.05) is 11.1 Å². The van der Waals surface area contributed by atoms with Gasteiger partial charge >= 0.3 is 12.1 Å². The van der Waals surface area contributed by atoms with Crippen LogP contribution in [0.3, 0.4) is 0 Å². The van der Waals surface area contributed by atoms with Gasteiger partial charge in [0.25, 0.3) is 0 Å². The zero-order chi connectivity index (χ0) is 12.1. The summed E-state index contributed by atoms with van der Waals surface area (Å²) >= 11 is 1.01. The van der Waals surface area contributed by atoms with E-state index in [9.17, 15) is 18.0 Å². The number of imidazole rings is 1. The zero-order valence-corrected chi connectivity index (χ0v) is 8.69. The largest absolute Gasteiger partial charge is 0.476 e. The number of aromatic nitrogens is 2. The minimum absolute atomic E-state index is 0.0298. The van der Waals surface area contributed by atoms with Gasteiger partial charge in [0.15, 0.2) is 16.3 Å². The fraction of sp³-hybridized carbons (Fsp3) is 0.250.